The van der Waals surface area contributed by atoms with Gasteiger partial charge in [0.15, 0.2) is 6.10 Å². The van der Waals surface area contributed by atoms with Gasteiger partial charge in [0.05, 0.1) is 13.1 Å². The van der Waals surface area contributed by atoms with Crippen LogP contribution in [0.25, 0.3) is 0 Å². The van der Waals surface area contributed by atoms with Crippen molar-refractivity contribution in [2.75, 3.05) is 39.3 Å². The lowest BCUT2D eigenvalue weighted by atomic mass is 9.82. The number of ketones is 1. The van der Waals surface area contributed by atoms with E-state index in [4.69, 9.17) is 4.74 Å². The Kier molecular flexibility index (Phi) is 6.61. The van der Waals surface area contributed by atoms with E-state index in [9.17, 15) is 9.59 Å². The number of piperidine rings is 4. The molecule has 0 saturated carbocycles. The molecule has 6 rings (SSSR count). The van der Waals surface area contributed by atoms with Gasteiger partial charge in [-0.1, -0.05) is 67.1 Å². The Morgan fingerprint density at radius 1 is 0.909 bits per heavy atom. The van der Waals surface area contributed by atoms with Crippen molar-refractivity contribution < 1.29 is 18.8 Å². The molecule has 5 nitrogen and oxygen atoms in total. The summed E-state index contributed by atoms with van der Waals surface area (Å²) in [5, 5.41) is 0. The van der Waals surface area contributed by atoms with Gasteiger partial charge in [0.1, 0.15) is 19.1 Å². The summed E-state index contributed by atoms with van der Waals surface area (Å²) in [6.07, 6.45) is 5.45. The molecule has 0 N–H and O–H groups in total. The number of likely N-dealkylation sites (tertiary alicyclic amines) is 1. The standard InChI is InChI=1S/C28H35N2O3/c31-25(22-10-4-1-5-11-22)20-30-18-14-23(15-19-30)26(21-30)33-28(32)27(24-12-6-2-7-13-24)29-16-8-3-9-17-29/h1-2,4-7,10-13,23,26-27H,3,8-9,14-21H2/q+1/t23?,26-,27?,30?/m0/s1. The summed E-state index contributed by atoms with van der Waals surface area (Å²) in [5.74, 6) is 0.490. The molecule has 4 heterocycles. The van der Waals surface area contributed by atoms with E-state index in [0.29, 0.717) is 12.5 Å². The third-order valence-electron chi connectivity index (χ3n) is 7.98. The van der Waals surface area contributed by atoms with E-state index < -0.39 is 0 Å². The minimum atomic E-state index is -0.332. The van der Waals surface area contributed by atoms with Crippen LogP contribution in [-0.2, 0) is 9.53 Å². The van der Waals surface area contributed by atoms with E-state index >= 15 is 0 Å². The first-order valence-electron chi connectivity index (χ1n) is 12.6. The number of benzene rings is 2. The molecule has 4 fully saturated rings. The zero-order valence-electron chi connectivity index (χ0n) is 19.4. The lowest BCUT2D eigenvalue weighted by Gasteiger charge is -2.51. The van der Waals surface area contributed by atoms with E-state index in [1.807, 2.05) is 60.7 Å². The monoisotopic (exact) mass is 447 g/mol. The van der Waals surface area contributed by atoms with E-state index in [2.05, 4.69) is 4.90 Å². The van der Waals surface area contributed by atoms with Gasteiger partial charge in [-0.3, -0.25) is 9.69 Å². The Bertz CT molecular complexity index is 948. The van der Waals surface area contributed by atoms with Crippen molar-refractivity contribution in [1.29, 1.82) is 0 Å². The average Bonchev–Trinajstić information content (AvgIpc) is 2.86. The number of carbonyl (C=O) groups excluding carboxylic acids is 2. The highest BCUT2D eigenvalue weighted by molar-refractivity contribution is 5.97. The molecule has 2 aromatic carbocycles. The Morgan fingerprint density at radius 2 is 1.55 bits per heavy atom. The quantitative estimate of drug-likeness (QED) is 0.362. The summed E-state index contributed by atoms with van der Waals surface area (Å²) in [6, 6.07) is 19.3. The molecule has 33 heavy (non-hydrogen) atoms. The van der Waals surface area contributed by atoms with Gasteiger partial charge < -0.3 is 9.22 Å². The molecule has 4 aliphatic heterocycles. The van der Waals surface area contributed by atoms with Gasteiger partial charge in [0.25, 0.3) is 0 Å². The van der Waals surface area contributed by atoms with Crippen LogP contribution < -0.4 is 0 Å². The lowest BCUT2D eigenvalue weighted by molar-refractivity contribution is -0.938. The number of carbonyl (C=O) groups is 2. The highest BCUT2D eigenvalue weighted by Gasteiger charge is 2.49. The number of ether oxygens (including phenoxy) is 1. The average molecular weight is 448 g/mol. The maximum Gasteiger partial charge on any atom is 0.328 e. The van der Waals surface area contributed by atoms with Crippen LogP contribution >= 0.6 is 0 Å². The zero-order valence-corrected chi connectivity index (χ0v) is 19.4. The molecule has 1 unspecified atom stereocenters. The second-order valence-corrected chi connectivity index (χ2v) is 10.1. The van der Waals surface area contributed by atoms with Gasteiger partial charge in [0.2, 0.25) is 5.78 Å². The molecule has 2 aromatic rings. The Labute approximate surface area is 196 Å². The largest absolute Gasteiger partial charge is 0.455 e. The summed E-state index contributed by atoms with van der Waals surface area (Å²) in [6.45, 7) is 5.15. The molecule has 0 aromatic heterocycles. The van der Waals surface area contributed by atoms with Crippen LogP contribution in [0.4, 0.5) is 0 Å². The molecule has 0 aliphatic carbocycles. The summed E-state index contributed by atoms with van der Waals surface area (Å²) in [4.78, 5) is 28.9. The number of nitrogens with zero attached hydrogens (tertiary/aromatic N) is 2. The highest BCUT2D eigenvalue weighted by atomic mass is 16.5. The molecule has 4 saturated heterocycles. The summed E-state index contributed by atoms with van der Waals surface area (Å²) in [7, 11) is 0. The maximum absolute atomic E-state index is 13.6. The van der Waals surface area contributed by atoms with Crippen molar-refractivity contribution in [1.82, 2.24) is 4.90 Å². The number of fused-ring (bicyclic) bond motifs is 3. The molecule has 2 bridgehead atoms. The molecule has 0 radical (unpaired) electrons. The Morgan fingerprint density at radius 3 is 2.21 bits per heavy atom. The predicted octanol–water partition coefficient (Wildman–Crippen LogP) is 4.25. The summed E-state index contributed by atoms with van der Waals surface area (Å²) in [5.41, 5.74) is 1.80. The number of rotatable bonds is 7. The normalized spacial score (nSPS) is 28.2. The van der Waals surface area contributed by atoms with Crippen molar-refractivity contribution >= 4 is 11.8 Å². The number of hydrogen-bond acceptors (Lipinski definition) is 4. The predicted molar refractivity (Wildman–Crippen MR) is 128 cm³/mol. The van der Waals surface area contributed by atoms with Gasteiger partial charge >= 0.3 is 5.97 Å². The third-order valence-corrected chi connectivity index (χ3v) is 7.98. The van der Waals surface area contributed by atoms with Crippen LogP contribution in [0, 0.1) is 5.92 Å². The first-order chi connectivity index (χ1) is 16.1. The molecular weight excluding hydrogens is 412 g/mol. The van der Waals surface area contributed by atoms with Crippen LogP contribution in [0.2, 0.25) is 0 Å². The minimum Gasteiger partial charge on any atom is -0.455 e. The van der Waals surface area contributed by atoms with E-state index in [1.54, 1.807) is 0 Å². The van der Waals surface area contributed by atoms with Crippen LogP contribution in [0.3, 0.4) is 0 Å². The van der Waals surface area contributed by atoms with Crippen LogP contribution in [0.15, 0.2) is 60.7 Å². The maximum atomic E-state index is 13.6. The van der Waals surface area contributed by atoms with Crippen molar-refractivity contribution in [3.05, 3.63) is 71.8 Å². The third kappa shape index (κ3) is 4.90. The van der Waals surface area contributed by atoms with Crippen LogP contribution in [-0.4, -0.2) is 66.5 Å². The molecule has 0 amide bonds. The van der Waals surface area contributed by atoms with E-state index in [-0.39, 0.29) is 23.9 Å². The molecule has 174 valence electrons. The molecule has 2 atom stereocenters. The van der Waals surface area contributed by atoms with Gasteiger partial charge in [-0.2, -0.15) is 0 Å². The fraction of sp³-hybridized carbons (Fsp3) is 0.500. The topological polar surface area (TPSA) is 46.6 Å². The first-order valence-corrected chi connectivity index (χ1v) is 12.6. The summed E-state index contributed by atoms with van der Waals surface area (Å²) >= 11 is 0. The molecule has 4 aliphatic rings. The second-order valence-electron chi connectivity index (χ2n) is 10.1. The molecular formula is C28H35N2O3+. The van der Waals surface area contributed by atoms with Crippen molar-refractivity contribution in [2.24, 2.45) is 5.92 Å². The van der Waals surface area contributed by atoms with Crippen molar-refractivity contribution in [3.63, 3.8) is 0 Å². The van der Waals surface area contributed by atoms with Crippen LogP contribution in [0.5, 0.6) is 0 Å². The lowest BCUT2D eigenvalue weighted by Crippen LogP contribution is -2.66. The van der Waals surface area contributed by atoms with Crippen LogP contribution in [0.1, 0.15) is 54.1 Å². The first kappa shape index (κ1) is 22.3. The van der Waals surface area contributed by atoms with E-state index in [0.717, 1.165) is 74.0 Å². The highest BCUT2D eigenvalue weighted by Crippen LogP contribution is 2.37. The second kappa shape index (κ2) is 9.78. The Hall–Kier alpha value is -2.50. The molecule has 5 heteroatoms. The van der Waals surface area contributed by atoms with Gasteiger partial charge in [-0.15, -0.1) is 0 Å². The zero-order chi connectivity index (χ0) is 22.7. The smallest absolute Gasteiger partial charge is 0.328 e. The number of esters is 1. The summed E-state index contributed by atoms with van der Waals surface area (Å²) < 4.78 is 7.05. The number of hydrogen-bond donors (Lipinski definition) is 0. The van der Waals surface area contributed by atoms with Crippen molar-refractivity contribution in [2.45, 2.75) is 44.2 Å². The fourth-order valence-electron chi connectivity index (χ4n) is 6.12. The fourth-order valence-corrected chi connectivity index (χ4v) is 6.12. The van der Waals surface area contributed by atoms with Gasteiger partial charge in [-0.05, 0) is 31.5 Å². The minimum absolute atomic E-state index is 0.0976. The Balaban J connectivity index is 1.30. The SMILES string of the molecule is O=C(C[N+]12CCC(CC1)[C@@H](OC(=O)C(c1ccccc1)N1CCCCC1)C2)c1ccccc1. The van der Waals surface area contributed by atoms with E-state index in [1.165, 1.54) is 6.42 Å². The van der Waals surface area contributed by atoms with Crippen molar-refractivity contribution in [3.8, 4) is 0 Å². The number of Topliss-reactive ketones (excluding diaryl/α,β-unsaturated/α-hetero) is 1. The molecule has 0 spiro atoms. The van der Waals surface area contributed by atoms with Gasteiger partial charge in [-0.25, -0.2) is 4.79 Å². The van der Waals surface area contributed by atoms with Gasteiger partial charge in [0, 0.05) is 24.3 Å². The number of quaternary nitrogens is 1.